The summed E-state index contributed by atoms with van der Waals surface area (Å²) in [7, 11) is 1.90. The molecule has 0 aromatic heterocycles. The zero-order valence-electron chi connectivity index (χ0n) is 11.3. The fourth-order valence-electron chi connectivity index (χ4n) is 2.32. The number of benzene rings is 1. The molecule has 1 fully saturated rings. The van der Waals surface area contributed by atoms with Crippen molar-refractivity contribution in [1.82, 2.24) is 4.90 Å². The van der Waals surface area contributed by atoms with Gasteiger partial charge in [-0.1, -0.05) is 12.1 Å². The van der Waals surface area contributed by atoms with E-state index >= 15 is 0 Å². The number of carbonyl (C=O) groups excluding carboxylic acids is 2. The Hall–Kier alpha value is -1.72. The Morgan fingerprint density at radius 2 is 2.16 bits per heavy atom. The molecule has 1 aliphatic rings. The Morgan fingerprint density at radius 3 is 2.79 bits per heavy atom. The predicted octanol–water partition coefficient (Wildman–Crippen LogP) is 0.495. The van der Waals surface area contributed by atoms with E-state index in [0.29, 0.717) is 18.7 Å². The van der Waals surface area contributed by atoms with Crippen molar-refractivity contribution in [3.63, 3.8) is 0 Å². The van der Waals surface area contributed by atoms with E-state index in [-0.39, 0.29) is 17.7 Å². The number of ketones is 1. The number of rotatable bonds is 3. The van der Waals surface area contributed by atoms with Gasteiger partial charge in [0, 0.05) is 30.9 Å². The summed E-state index contributed by atoms with van der Waals surface area (Å²) in [5, 5.41) is 0. The highest BCUT2D eigenvalue weighted by Crippen LogP contribution is 2.21. The maximum atomic E-state index is 12.4. The van der Waals surface area contributed by atoms with E-state index in [1.165, 1.54) is 6.92 Å². The van der Waals surface area contributed by atoms with E-state index in [2.05, 4.69) is 0 Å². The molecule has 1 saturated heterocycles. The summed E-state index contributed by atoms with van der Waals surface area (Å²) in [6.45, 7) is 3.22. The number of hydrogen-bond donors (Lipinski definition) is 1. The van der Waals surface area contributed by atoms with Gasteiger partial charge in [0.05, 0.1) is 0 Å². The summed E-state index contributed by atoms with van der Waals surface area (Å²) in [5.41, 5.74) is 7.05. The van der Waals surface area contributed by atoms with Gasteiger partial charge in [-0.3, -0.25) is 14.5 Å². The van der Waals surface area contributed by atoms with Gasteiger partial charge in [0.2, 0.25) is 5.91 Å². The van der Waals surface area contributed by atoms with Gasteiger partial charge in [-0.15, -0.1) is 0 Å². The third-order valence-corrected chi connectivity index (χ3v) is 3.55. The summed E-state index contributed by atoms with van der Waals surface area (Å²) >= 11 is 0. The first kappa shape index (κ1) is 13.7. The molecule has 2 N–H and O–H groups in total. The predicted molar refractivity (Wildman–Crippen MR) is 74.3 cm³/mol. The first-order valence-electron chi connectivity index (χ1n) is 6.37. The zero-order valence-corrected chi connectivity index (χ0v) is 11.3. The molecule has 5 heteroatoms. The maximum absolute atomic E-state index is 12.4. The number of amides is 1. The van der Waals surface area contributed by atoms with Crippen LogP contribution in [0.1, 0.15) is 17.3 Å². The average molecular weight is 261 g/mol. The normalized spacial score (nSPS) is 20.7. The van der Waals surface area contributed by atoms with E-state index < -0.39 is 0 Å². The average Bonchev–Trinajstić information content (AvgIpc) is 2.39. The van der Waals surface area contributed by atoms with Gasteiger partial charge in [0.1, 0.15) is 6.04 Å². The van der Waals surface area contributed by atoms with E-state index in [0.717, 1.165) is 12.2 Å². The van der Waals surface area contributed by atoms with Crippen molar-refractivity contribution in [2.75, 3.05) is 31.6 Å². The number of Topliss-reactive ketones (excluding diaryl/α,β-unsaturated/α-hetero) is 1. The Morgan fingerprint density at radius 1 is 1.42 bits per heavy atom. The SMILES string of the molecule is CC(=O)c1cccc(N2CCN(C)C(CN)C2=O)c1. The lowest BCUT2D eigenvalue weighted by atomic mass is 10.1. The monoisotopic (exact) mass is 261 g/mol. The van der Waals surface area contributed by atoms with Gasteiger partial charge in [-0.2, -0.15) is 0 Å². The Kier molecular flexibility index (Phi) is 3.97. The summed E-state index contributed by atoms with van der Waals surface area (Å²) in [5.74, 6) is -0.00393. The van der Waals surface area contributed by atoms with Crippen LogP contribution in [-0.2, 0) is 4.79 Å². The molecule has 0 aliphatic carbocycles. The van der Waals surface area contributed by atoms with Crippen LogP contribution < -0.4 is 10.6 Å². The molecule has 1 aromatic carbocycles. The van der Waals surface area contributed by atoms with Crippen molar-refractivity contribution in [2.24, 2.45) is 5.73 Å². The van der Waals surface area contributed by atoms with Gasteiger partial charge >= 0.3 is 0 Å². The Labute approximate surface area is 113 Å². The maximum Gasteiger partial charge on any atom is 0.245 e. The largest absolute Gasteiger partial charge is 0.328 e. The molecule has 19 heavy (non-hydrogen) atoms. The van der Waals surface area contributed by atoms with E-state index in [1.807, 2.05) is 18.0 Å². The van der Waals surface area contributed by atoms with Crippen molar-refractivity contribution in [3.05, 3.63) is 29.8 Å². The van der Waals surface area contributed by atoms with E-state index in [9.17, 15) is 9.59 Å². The molecule has 0 spiro atoms. The van der Waals surface area contributed by atoms with Crippen molar-refractivity contribution in [1.29, 1.82) is 0 Å². The summed E-state index contributed by atoms with van der Waals surface area (Å²) in [6, 6.07) is 6.89. The summed E-state index contributed by atoms with van der Waals surface area (Å²) in [4.78, 5) is 27.4. The highest BCUT2D eigenvalue weighted by atomic mass is 16.2. The topological polar surface area (TPSA) is 66.6 Å². The van der Waals surface area contributed by atoms with Gasteiger partial charge in [0.25, 0.3) is 0 Å². The lowest BCUT2D eigenvalue weighted by Gasteiger charge is -2.38. The number of anilines is 1. The van der Waals surface area contributed by atoms with E-state index in [1.54, 1.807) is 23.1 Å². The van der Waals surface area contributed by atoms with Crippen LogP contribution in [0, 0.1) is 0 Å². The van der Waals surface area contributed by atoms with Crippen LogP contribution in [0.5, 0.6) is 0 Å². The van der Waals surface area contributed by atoms with Crippen molar-refractivity contribution in [2.45, 2.75) is 13.0 Å². The number of hydrogen-bond acceptors (Lipinski definition) is 4. The molecule has 0 saturated carbocycles. The second kappa shape index (κ2) is 5.50. The van der Waals surface area contributed by atoms with Crippen LogP contribution in [0.2, 0.25) is 0 Å². The van der Waals surface area contributed by atoms with Gasteiger partial charge in [-0.25, -0.2) is 0 Å². The third kappa shape index (κ3) is 2.67. The first-order chi connectivity index (χ1) is 9.04. The number of piperazine rings is 1. The van der Waals surface area contributed by atoms with Crippen LogP contribution in [0.3, 0.4) is 0 Å². The molecule has 5 nitrogen and oxygen atoms in total. The molecule has 1 aromatic rings. The number of carbonyl (C=O) groups is 2. The third-order valence-electron chi connectivity index (χ3n) is 3.55. The molecule has 1 atom stereocenters. The Bertz CT molecular complexity index is 501. The second-order valence-electron chi connectivity index (χ2n) is 4.83. The minimum Gasteiger partial charge on any atom is -0.328 e. The van der Waals surface area contributed by atoms with Crippen molar-refractivity contribution < 1.29 is 9.59 Å². The summed E-state index contributed by atoms with van der Waals surface area (Å²) < 4.78 is 0. The molecule has 0 radical (unpaired) electrons. The highest BCUT2D eigenvalue weighted by molar-refractivity contribution is 6.00. The molecule has 1 unspecified atom stereocenters. The summed E-state index contributed by atoms with van der Waals surface area (Å²) in [6.07, 6.45) is 0. The molecule has 102 valence electrons. The minimum absolute atomic E-state index is 0.00111. The smallest absolute Gasteiger partial charge is 0.245 e. The number of nitrogens with two attached hydrogens (primary N) is 1. The highest BCUT2D eigenvalue weighted by Gasteiger charge is 2.32. The van der Waals surface area contributed by atoms with Crippen molar-refractivity contribution >= 4 is 17.4 Å². The van der Waals surface area contributed by atoms with Crippen LogP contribution >= 0.6 is 0 Å². The minimum atomic E-state index is -0.283. The fraction of sp³-hybridized carbons (Fsp3) is 0.429. The van der Waals surface area contributed by atoms with Gasteiger partial charge in [-0.05, 0) is 26.1 Å². The molecule has 1 heterocycles. The lowest BCUT2D eigenvalue weighted by molar-refractivity contribution is -0.124. The van der Waals surface area contributed by atoms with Crippen LogP contribution in [-0.4, -0.2) is 49.3 Å². The number of likely N-dealkylation sites (N-methyl/N-ethyl adjacent to an activating group) is 1. The molecule has 1 amide bonds. The van der Waals surface area contributed by atoms with Gasteiger partial charge in [0.15, 0.2) is 5.78 Å². The second-order valence-corrected chi connectivity index (χ2v) is 4.83. The number of nitrogens with zero attached hydrogens (tertiary/aromatic N) is 2. The van der Waals surface area contributed by atoms with Crippen LogP contribution in [0.25, 0.3) is 0 Å². The first-order valence-corrected chi connectivity index (χ1v) is 6.37. The molecular weight excluding hydrogens is 242 g/mol. The van der Waals surface area contributed by atoms with Crippen LogP contribution in [0.4, 0.5) is 5.69 Å². The van der Waals surface area contributed by atoms with Crippen LogP contribution in [0.15, 0.2) is 24.3 Å². The van der Waals surface area contributed by atoms with E-state index in [4.69, 9.17) is 5.73 Å². The zero-order chi connectivity index (χ0) is 14.0. The van der Waals surface area contributed by atoms with Crippen molar-refractivity contribution in [3.8, 4) is 0 Å². The molecule has 0 bridgehead atoms. The molecule has 1 aliphatic heterocycles. The fourth-order valence-corrected chi connectivity index (χ4v) is 2.32. The molecular formula is C14H19N3O2. The Balaban J connectivity index is 2.29. The van der Waals surface area contributed by atoms with Gasteiger partial charge < -0.3 is 10.6 Å². The standard InChI is InChI=1S/C14H19N3O2/c1-10(18)11-4-3-5-12(8-11)17-7-6-16(2)13(9-15)14(17)19/h3-5,8,13H,6-7,9,15H2,1-2H3. The lowest BCUT2D eigenvalue weighted by Crippen LogP contribution is -2.58. The molecule has 2 rings (SSSR count). The quantitative estimate of drug-likeness (QED) is 0.804.